The molecule has 0 radical (unpaired) electrons. The van der Waals surface area contributed by atoms with E-state index in [1.165, 1.54) is 12.1 Å². The summed E-state index contributed by atoms with van der Waals surface area (Å²) < 4.78 is 26.5. The molecule has 0 aliphatic carbocycles. The highest BCUT2D eigenvalue weighted by molar-refractivity contribution is 7.99. The van der Waals surface area contributed by atoms with Crippen molar-refractivity contribution in [3.63, 3.8) is 0 Å². The van der Waals surface area contributed by atoms with Crippen molar-refractivity contribution in [1.29, 1.82) is 0 Å². The summed E-state index contributed by atoms with van der Waals surface area (Å²) in [7, 11) is 0. The molecule has 1 N–H and O–H groups in total. The summed E-state index contributed by atoms with van der Waals surface area (Å²) in [5.74, 6) is 1.48. The molecule has 1 aromatic carbocycles. The average molecular weight is 243 g/mol. The van der Waals surface area contributed by atoms with Crippen LogP contribution in [-0.2, 0) is 0 Å². The fourth-order valence-corrected chi connectivity index (χ4v) is 3.12. The monoisotopic (exact) mass is 243 g/mol. The third-order valence-electron chi connectivity index (χ3n) is 2.84. The molecule has 0 amide bonds. The van der Waals surface area contributed by atoms with Gasteiger partial charge in [-0.05, 0) is 37.3 Å². The van der Waals surface area contributed by atoms with Gasteiger partial charge in [-0.1, -0.05) is 0 Å². The van der Waals surface area contributed by atoms with Crippen LogP contribution in [0.4, 0.5) is 8.78 Å². The van der Waals surface area contributed by atoms with Crippen molar-refractivity contribution < 1.29 is 8.78 Å². The van der Waals surface area contributed by atoms with Gasteiger partial charge in [-0.3, -0.25) is 0 Å². The highest BCUT2D eigenvalue weighted by Gasteiger charge is 2.19. The Morgan fingerprint density at radius 1 is 1.44 bits per heavy atom. The number of hydrogen-bond donors (Lipinski definition) is 1. The van der Waals surface area contributed by atoms with Gasteiger partial charge in [-0.15, -0.1) is 0 Å². The summed E-state index contributed by atoms with van der Waals surface area (Å²) in [6, 6.07) is 3.89. The molecule has 16 heavy (non-hydrogen) atoms. The van der Waals surface area contributed by atoms with Crippen LogP contribution in [-0.4, -0.2) is 17.5 Å². The van der Waals surface area contributed by atoms with Crippen molar-refractivity contribution in [2.75, 3.05) is 11.5 Å². The van der Waals surface area contributed by atoms with Gasteiger partial charge < -0.3 is 5.32 Å². The van der Waals surface area contributed by atoms with Crippen LogP contribution in [0.2, 0.25) is 0 Å². The lowest BCUT2D eigenvalue weighted by molar-refractivity contribution is 0.464. The van der Waals surface area contributed by atoms with Gasteiger partial charge in [0.15, 0.2) is 0 Å². The predicted octanol–water partition coefficient (Wildman–Crippen LogP) is 3.12. The van der Waals surface area contributed by atoms with Gasteiger partial charge >= 0.3 is 0 Å². The van der Waals surface area contributed by atoms with Crippen LogP contribution < -0.4 is 5.32 Å². The van der Waals surface area contributed by atoms with Gasteiger partial charge in [-0.2, -0.15) is 11.8 Å². The second-order valence-electron chi connectivity index (χ2n) is 4.11. The summed E-state index contributed by atoms with van der Waals surface area (Å²) in [6.07, 6.45) is 1.10. The molecule has 0 bridgehead atoms. The van der Waals surface area contributed by atoms with E-state index in [4.69, 9.17) is 0 Å². The maximum absolute atomic E-state index is 13.5. The first-order valence-electron chi connectivity index (χ1n) is 5.45. The van der Waals surface area contributed by atoms with Crippen molar-refractivity contribution in [3.05, 3.63) is 35.4 Å². The molecular weight excluding hydrogens is 228 g/mol. The topological polar surface area (TPSA) is 12.0 Å². The van der Waals surface area contributed by atoms with Gasteiger partial charge in [-0.25, -0.2) is 8.78 Å². The minimum absolute atomic E-state index is 0.139. The van der Waals surface area contributed by atoms with Crippen molar-refractivity contribution >= 4 is 11.8 Å². The Kier molecular flexibility index (Phi) is 3.82. The fourth-order valence-electron chi connectivity index (χ4n) is 1.96. The number of nitrogens with one attached hydrogen (secondary N) is 1. The highest BCUT2D eigenvalue weighted by Crippen LogP contribution is 2.23. The van der Waals surface area contributed by atoms with Gasteiger partial charge in [0.25, 0.3) is 0 Å². The third-order valence-corrected chi connectivity index (χ3v) is 4.00. The number of halogens is 2. The van der Waals surface area contributed by atoms with E-state index in [1.54, 1.807) is 0 Å². The Morgan fingerprint density at radius 3 is 2.94 bits per heavy atom. The fraction of sp³-hybridized carbons (Fsp3) is 0.500. The summed E-state index contributed by atoms with van der Waals surface area (Å²) in [6.45, 7) is 1.88. The number of hydrogen-bond acceptors (Lipinski definition) is 2. The maximum Gasteiger partial charge on any atom is 0.128 e. The van der Waals surface area contributed by atoms with E-state index in [9.17, 15) is 8.78 Å². The molecule has 1 heterocycles. The second kappa shape index (κ2) is 5.15. The van der Waals surface area contributed by atoms with E-state index in [1.807, 2.05) is 18.7 Å². The minimum Gasteiger partial charge on any atom is -0.306 e. The van der Waals surface area contributed by atoms with Crippen LogP contribution in [0.15, 0.2) is 18.2 Å². The van der Waals surface area contributed by atoms with Crippen molar-refractivity contribution in [2.45, 2.75) is 25.4 Å². The Morgan fingerprint density at radius 2 is 2.25 bits per heavy atom. The van der Waals surface area contributed by atoms with E-state index in [0.29, 0.717) is 11.6 Å². The van der Waals surface area contributed by atoms with E-state index in [0.717, 1.165) is 24.0 Å². The third kappa shape index (κ3) is 2.74. The Balaban J connectivity index is 2.07. The molecular formula is C12H15F2NS. The molecule has 2 atom stereocenters. The van der Waals surface area contributed by atoms with Crippen LogP contribution in [0, 0.1) is 11.6 Å². The van der Waals surface area contributed by atoms with E-state index >= 15 is 0 Å². The van der Waals surface area contributed by atoms with Crippen LogP contribution >= 0.6 is 11.8 Å². The molecule has 1 saturated heterocycles. The summed E-state index contributed by atoms with van der Waals surface area (Å²) >= 11 is 1.90. The molecule has 1 aromatic rings. The van der Waals surface area contributed by atoms with Crippen LogP contribution in [0.3, 0.4) is 0 Å². The largest absolute Gasteiger partial charge is 0.306 e. The molecule has 1 fully saturated rings. The molecule has 2 rings (SSSR count). The van der Waals surface area contributed by atoms with Crippen LogP contribution in [0.25, 0.3) is 0 Å². The first kappa shape index (κ1) is 11.9. The summed E-state index contributed by atoms with van der Waals surface area (Å²) in [5.41, 5.74) is 0.414. The van der Waals surface area contributed by atoms with Crippen LogP contribution in [0.5, 0.6) is 0 Å². The molecule has 4 heteroatoms. The Hall–Kier alpha value is -0.610. The molecule has 1 aliphatic rings. The molecule has 0 aromatic heterocycles. The molecule has 1 aliphatic heterocycles. The normalized spacial score (nSPS) is 22.3. The zero-order valence-electron chi connectivity index (χ0n) is 9.17. The van der Waals surface area contributed by atoms with Gasteiger partial charge in [0.1, 0.15) is 11.6 Å². The molecule has 0 saturated carbocycles. The van der Waals surface area contributed by atoms with Crippen LogP contribution in [0.1, 0.15) is 24.9 Å². The lowest BCUT2D eigenvalue weighted by Crippen LogP contribution is -2.31. The summed E-state index contributed by atoms with van der Waals surface area (Å²) in [5, 5.41) is 3.34. The van der Waals surface area contributed by atoms with E-state index in [2.05, 4.69) is 5.32 Å². The number of benzene rings is 1. The maximum atomic E-state index is 13.5. The zero-order chi connectivity index (χ0) is 11.5. The van der Waals surface area contributed by atoms with Gasteiger partial charge in [0, 0.05) is 23.4 Å². The highest BCUT2D eigenvalue weighted by atomic mass is 32.2. The number of rotatable bonds is 3. The zero-order valence-corrected chi connectivity index (χ0v) is 9.99. The van der Waals surface area contributed by atoms with Gasteiger partial charge in [0.2, 0.25) is 0 Å². The first-order valence-corrected chi connectivity index (χ1v) is 6.61. The molecule has 2 unspecified atom stereocenters. The first-order chi connectivity index (χ1) is 7.66. The molecule has 1 nitrogen and oxygen atoms in total. The van der Waals surface area contributed by atoms with Crippen molar-refractivity contribution in [1.82, 2.24) is 5.32 Å². The molecule has 88 valence electrons. The van der Waals surface area contributed by atoms with E-state index < -0.39 is 0 Å². The van der Waals surface area contributed by atoms with E-state index in [-0.39, 0.29) is 17.7 Å². The molecule has 0 spiro atoms. The second-order valence-corrected chi connectivity index (χ2v) is 5.26. The SMILES string of the molecule is CC(NC1CCSC1)c1cc(F)ccc1F. The Bertz CT molecular complexity index is 364. The quantitative estimate of drug-likeness (QED) is 0.875. The van der Waals surface area contributed by atoms with Gasteiger partial charge in [0.05, 0.1) is 0 Å². The standard InChI is InChI=1S/C12H15F2NS/c1-8(15-10-4-5-16-7-10)11-6-9(13)2-3-12(11)14/h2-3,6,8,10,15H,4-5,7H2,1H3. The van der Waals surface area contributed by atoms with Crippen molar-refractivity contribution in [2.24, 2.45) is 0 Å². The number of thioether (sulfide) groups is 1. The smallest absolute Gasteiger partial charge is 0.128 e. The predicted molar refractivity (Wildman–Crippen MR) is 63.6 cm³/mol. The minimum atomic E-state index is -0.383. The lowest BCUT2D eigenvalue weighted by atomic mass is 10.1. The van der Waals surface area contributed by atoms with Crippen molar-refractivity contribution in [3.8, 4) is 0 Å². The lowest BCUT2D eigenvalue weighted by Gasteiger charge is -2.19. The summed E-state index contributed by atoms with van der Waals surface area (Å²) in [4.78, 5) is 0. The average Bonchev–Trinajstić information content (AvgIpc) is 2.74. The Labute approximate surface area is 98.6 Å².